The summed E-state index contributed by atoms with van der Waals surface area (Å²) in [6, 6.07) is 18.5. The van der Waals surface area contributed by atoms with Gasteiger partial charge in [-0.05, 0) is 24.3 Å². The number of nitriles is 1. The lowest BCUT2D eigenvalue weighted by atomic mass is 10.2. The molecule has 1 aromatic heterocycles. The smallest absolute Gasteiger partial charge is 0.357 e. The largest absolute Gasteiger partial charge is 0.490 e. The number of rotatable bonds is 7. The van der Waals surface area contributed by atoms with Gasteiger partial charge in [-0.25, -0.2) is 4.79 Å². The van der Waals surface area contributed by atoms with E-state index in [1.54, 1.807) is 18.2 Å². The highest BCUT2D eigenvalue weighted by Gasteiger charge is 2.23. The van der Waals surface area contributed by atoms with E-state index in [1.165, 1.54) is 17.9 Å². The first kappa shape index (κ1) is 18.9. The number of esters is 1. The maximum atomic E-state index is 12.2. The minimum Gasteiger partial charge on any atom is -0.490 e. The van der Waals surface area contributed by atoms with Gasteiger partial charge < -0.3 is 24.5 Å². The molecule has 142 valence electrons. The van der Waals surface area contributed by atoms with Crippen LogP contribution in [-0.2, 0) is 4.74 Å². The number of carbonyl (C=O) groups is 1. The van der Waals surface area contributed by atoms with Gasteiger partial charge in [-0.1, -0.05) is 30.3 Å². The fourth-order valence-electron chi connectivity index (χ4n) is 2.71. The molecule has 7 heteroatoms. The zero-order valence-electron chi connectivity index (χ0n) is 15.3. The highest BCUT2D eigenvalue weighted by Crippen LogP contribution is 2.30. The fourth-order valence-corrected chi connectivity index (χ4v) is 2.71. The van der Waals surface area contributed by atoms with Gasteiger partial charge in [0, 0.05) is 6.20 Å². The molecule has 0 bridgehead atoms. The van der Waals surface area contributed by atoms with Crippen LogP contribution in [0.25, 0.3) is 5.69 Å². The molecule has 2 aromatic carbocycles. The molecular weight excluding hydrogens is 358 g/mol. The average Bonchev–Trinajstić information content (AvgIpc) is 3.08. The van der Waals surface area contributed by atoms with Gasteiger partial charge in [-0.15, -0.1) is 0 Å². The van der Waals surface area contributed by atoms with E-state index < -0.39 is 5.97 Å². The second-order valence-corrected chi connectivity index (χ2v) is 5.76. The van der Waals surface area contributed by atoms with Gasteiger partial charge in [-0.2, -0.15) is 5.26 Å². The standard InChI is InChI=1S/C21H19N3O4/c1-26-21(25)20-19(23)15(13-22)14-24(20)17-9-5-6-10-18(17)28-12-11-27-16-7-3-2-4-8-16/h2-10,14H,11-12,23H2,1H3. The molecule has 0 aliphatic heterocycles. The summed E-state index contributed by atoms with van der Waals surface area (Å²) in [5, 5.41) is 9.27. The second kappa shape index (κ2) is 8.64. The molecule has 0 aliphatic carbocycles. The van der Waals surface area contributed by atoms with Crippen molar-refractivity contribution >= 4 is 11.7 Å². The van der Waals surface area contributed by atoms with Crippen molar-refractivity contribution in [2.75, 3.05) is 26.1 Å². The van der Waals surface area contributed by atoms with Crippen molar-refractivity contribution in [3.8, 4) is 23.3 Å². The van der Waals surface area contributed by atoms with Crippen LogP contribution in [0.2, 0.25) is 0 Å². The fraction of sp³-hybridized carbons (Fsp3) is 0.143. The molecule has 0 spiro atoms. The summed E-state index contributed by atoms with van der Waals surface area (Å²) in [7, 11) is 1.26. The van der Waals surface area contributed by atoms with Crippen LogP contribution in [0.4, 0.5) is 5.69 Å². The molecule has 3 aromatic rings. The molecule has 2 N–H and O–H groups in total. The Hall–Kier alpha value is -3.92. The second-order valence-electron chi connectivity index (χ2n) is 5.76. The lowest BCUT2D eigenvalue weighted by Gasteiger charge is -2.14. The zero-order chi connectivity index (χ0) is 19.9. The molecule has 28 heavy (non-hydrogen) atoms. The molecule has 0 radical (unpaired) electrons. The predicted molar refractivity (Wildman–Crippen MR) is 104 cm³/mol. The third kappa shape index (κ3) is 3.91. The number of benzene rings is 2. The first-order chi connectivity index (χ1) is 13.7. The van der Waals surface area contributed by atoms with E-state index in [1.807, 2.05) is 42.5 Å². The van der Waals surface area contributed by atoms with Crippen LogP contribution in [0, 0.1) is 11.3 Å². The lowest BCUT2D eigenvalue weighted by Crippen LogP contribution is -2.13. The average molecular weight is 377 g/mol. The molecule has 0 saturated carbocycles. The molecule has 0 atom stereocenters. The van der Waals surface area contributed by atoms with Gasteiger partial charge in [0.05, 0.1) is 24.0 Å². The summed E-state index contributed by atoms with van der Waals surface area (Å²) in [5.41, 5.74) is 6.85. The number of carbonyl (C=O) groups excluding carboxylic acids is 1. The number of ether oxygens (including phenoxy) is 3. The zero-order valence-corrected chi connectivity index (χ0v) is 15.3. The van der Waals surface area contributed by atoms with Crippen LogP contribution < -0.4 is 15.2 Å². The van der Waals surface area contributed by atoms with Crippen LogP contribution >= 0.6 is 0 Å². The van der Waals surface area contributed by atoms with Crippen LogP contribution in [0.15, 0.2) is 60.8 Å². The van der Waals surface area contributed by atoms with Gasteiger partial charge >= 0.3 is 5.97 Å². The van der Waals surface area contributed by atoms with Crippen molar-refractivity contribution in [2.45, 2.75) is 0 Å². The van der Waals surface area contributed by atoms with Crippen LogP contribution in [0.3, 0.4) is 0 Å². The SMILES string of the molecule is COC(=O)c1c(N)c(C#N)cn1-c1ccccc1OCCOc1ccccc1. The van der Waals surface area contributed by atoms with E-state index in [0.29, 0.717) is 24.7 Å². The third-order valence-electron chi connectivity index (χ3n) is 4.02. The van der Waals surface area contributed by atoms with E-state index in [0.717, 1.165) is 5.75 Å². The molecule has 0 aliphatic rings. The number of methoxy groups -OCH3 is 1. The Morgan fingerprint density at radius 1 is 1.07 bits per heavy atom. The lowest BCUT2D eigenvalue weighted by molar-refractivity contribution is 0.0593. The number of nitrogen functional groups attached to an aromatic ring is 1. The maximum absolute atomic E-state index is 12.2. The predicted octanol–water partition coefficient (Wildman–Crippen LogP) is 3.18. The first-order valence-electron chi connectivity index (χ1n) is 8.55. The molecule has 0 fully saturated rings. The van der Waals surface area contributed by atoms with Crippen molar-refractivity contribution < 1.29 is 19.0 Å². The summed E-state index contributed by atoms with van der Waals surface area (Å²) in [5.74, 6) is 0.634. The van der Waals surface area contributed by atoms with Crippen LogP contribution in [0.1, 0.15) is 16.1 Å². The first-order valence-corrected chi connectivity index (χ1v) is 8.55. The normalized spacial score (nSPS) is 10.1. The Labute approximate surface area is 162 Å². The quantitative estimate of drug-likeness (QED) is 0.501. The van der Waals surface area contributed by atoms with E-state index in [-0.39, 0.29) is 16.9 Å². The summed E-state index contributed by atoms with van der Waals surface area (Å²) < 4.78 is 17.8. The van der Waals surface area contributed by atoms with Crippen molar-refractivity contribution in [3.05, 3.63) is 72.1 Å². The van der Waals surface area contributed by atoms with Crippen LogP contribution in [-0.4, -0.2) is 30.9 Å². The van der Waals surface area contributed by atoms with Gasteiger partial charge in [0.1, 0.15) is 30.8 Å². The molecule has 7 nitrogen and oxygen atoms in total. The monoisotopic (exact) mass is 377 g/mol. The summed E-state index contributed by atoms with van der Waals surface area (Å²) in [6.07, 6.45) is 1.49. The highest BCUT2D eigenvalue weighted by atomic mass is 16.5. The van der Waals surface area contributed by atoms with Crippen LogP contribution in [0.5, 0.6) is 11.5 Å². The number of para-hydroxylation sites is 3. The summed E-state index contributed by atoms with van der Waals surface area (Å²) >= 11 is 0. The van der Waals surface area contributed by atoms with Crippen molar-refractivity contribution in [1.82, 2.24) is 4.57 Å². The van der Waals surface area contributed by atoms with E-state index in [9.17, 15) is 10.1 Å². The Morgan fingerprint density at radius 3 is 2.46 bits per heavy atom. The molecule has 0 amide bonds. The number of nitrogens with two attached hydrogens (primary N) is 1. The van der Waals surface area contributed by atoms with Gasteiger partial charge in [0.2, 0.25) is 0 Å². The van der Waals surface area contributed by atoms with E-state index in [4.69, 9.17) is 19.9 Å². The highest BCUT2D eigenvalue weighted by molar-refractivity contribution is 5.96. The minimum absolute atomic E-state index is 0.0663. The summed E-state index contributed by atoms with van der Waals surface area (Å²) in [4.78, 5) is 12.2. The molecule has 3 rings (SSSR count). The number of anilines is 1. The molecule has 1 heterocycles. The minimum atomic E-state index is -0.638. The number of hydrogen-bond acceptors (Lipinski definition) is 6. The summed E-state index contributed by atoms with van der Waals surface area (Å²) in [6.45, 7) is 0.640. The molecule has 0 unspecified atom stereocenters. The Balaban J connectivity index is 1.83. The van der Waals surface area contributed by atoms with Gasteiger partial charge in [0.25, 0.3) is 0 Å². The third-order valence-corrected chi connectivity index (χ3v) is 4.02. The number of aromatic nitrogens is 1. The number of nitrogens with zero attached hydrogens (tertiary/aromatic N) is 2. The maximum Gasteiger partial charge on any atom is 0.357 e. The Morgan fingerprint density at radius 2 is 1.75 bits per heavy atom. The van der Waals surface area contributed by atoms with Crippen molar-refractivity contribution in [2.24, 2.45) is 0 Å². The van der Waals surface area contributed by atoms with E-state index >= 15 is 0 Å². The molecule has 0 saturated heterocycles. The van der Waals surface area contributed by atoms with E-state index in [2.05, 4.69) is 0 Å². The molecular formula is C21H19N3O4. The van der Waals surface area contributed by atoms with Crippen molar-refractivity contribution in [3.63, 3.8) is 0 Å². The Kier molecular flexibility index (Phi) is 5.82. The van der Waals surface area contributed by atoms with Gasteiger partial charge in [0.15, 0.2) is 5.69 Å². The topological polar surface area (TPSA) is 99.5 Å². The van der Waals surface area contributed by atoms with Crippen molar-refractivity contribution in [1.29, 1.82) is 5.26 Å². The Bertz CT molecular complexity index is 1010. The van der Waals surface area contributed by atoms with Gasteiger partial charge in [-0.3, -0.25) is 0 Å². The number of hydrogen-bond donors (Lipinski definition) is 1.